The lowest BCUT2D eigenvalue weighted by molar-refractivity contribution is 1.01. The third-order valence-electron chi connectivity index (χ3n) is 10.1. The molecule has 2 nitrogen and oxygen atoms in total. The van der Waals surface area contributed by atoms with Crippen molar-refractivity contribution in [2.24, 2.45) is 0 Å². The van der Waals surface area contributed by atoms with Gasteiger partial charge in [0.15, 0.2) is 0 Å². The molecular formula is C48H34N2S2. The lowest BCUT2D eigenvalue weighted by Crippen LogP contribution is -2.10. The van der Waals surface area contributed by atoms with Gasteiger partial charge in [0.2, 0.25) is 0 Å². The predicted molar refractivity (Wildman–Crippen MR) is 227 cm³/mol. The number of fused-ring (bicyclic) bond motifs is 6. The standard InChI is InChI=1S/C48H34N2S2/c1-4-13-33(14-5-1)34-23-25-37(26-24-34)50(43-20-12-22-46-48(43)41-19-10-11-21-44(41)51-46)39-27-29-40-42-31-38(28-30-45(42)52-47(40)32-39)49(35-15-6-2-7-16-35)36-17-8-3-9-18-36/h1-9,11-18,20-32H,10,19H2. The first-order valence-corrected chi connectivity index (χ1v) is 19.4. The molecule has 0 atom stereocenters. The van der Waals surface area contributed by atoms with Crippen molar-refractivity contribution < 1.29 is 0 Å². The Kier molecular flexibility index (Phi) is 7.71. The van der Waals surface area contributed by atoms with E-state index in [1.807, 2.05) is 22.7 Å². The summed E-state index contributed by atoms with van der Waals surface area (Å²) in [5, 5.41) is 3.93. The maximum atomic E-state index is 2.48. The number of para-hydroxylation sites is 2. The molecule has 0 amide bonds. The molecule has 0 aliphatic heterocycles. The normalized spacial score (nSPS) is 12.4. The monoisotopic (exact) mass is 702 g/mol. The highest BCUT2D eigenvalue weighted by Crippen LogP contribution is 2.47. The van der Waals surface area contributed by atoms with Crippen LogP contribution in [0.3, 0.4) is 0 Å². The van der Waals surface area contributed by atoms with E-state index in [4.69, 9.17) is 0 Å². The van der Waals surface area contributed by atoms with Crippen LogP contribution in [0.2, 0.25) is 0 Å². The Morgan fingerprint density at radius 2 is 1.06 bits per heavy atom. The van der Waals surface area contributed by atoms with Gasteiger partial charge in [0, 0.05) is 63.6 Å². The second-order valence-electron chi connectivity index (χ2n) is 13.3. The summed E-state index contributed by atoms with van der Waals surface area (Å²) in [5.74, 6) is 0. The summed E-state index contributed by atoms with van der Waals surface area (Å²) in [6.07, 6.45) is 6.79. The molecule has 2 aromatic heterocycles. The van der Waals surface area contributed by atoms with Gasteiger partial charge >= 0.3 is 0 Å². The van der Waals surface area contributed by atoms with Crippen LogP contribution in [0.4, 0.5) is 34.1 Å². The van der Waals surface area contributed by atoms with Gasteiger partial charge in [-0.05, 0) is 114 Å². The molecule has 0 unspecified atom stereocenters. The Morgan fingerprint density at radius 3 is 1.81 bits per heavy atom. The molecule has 0 saturated carbocycles. The number of anilines is 6. The highest BCUT2D eigenvalue weighted by atomic mass is 32.1. The van der Waals surface area contributed by atoms with Gasteiger partial charge in [0.05, 0.1) is 5.69 Å². The molecular weight excluding hydrogens is 669 g/mol. The van der Waals surface area contributed by atoms with E-state index in [1.165, 1.54) is 63.2 Å². The molecule has 0 fully saturated rings. The number of benzene rings is 7. The fourth-order valence-electron chi connectivity index (χ4n) is 7.69. The molecule has 4 heteroatoms. The summed E-state index contributed by atoms with van der Waals surface area (Å²) in [6.45, 7) is 0. The maximum absolute atomic E-state index is 2.48. The second-order valence-corrected chi connectivity index (χ2v) is 15.4. The van der Waals surface area contributed by atoms with Crippen molar-refractivity contribution in [3.05, 3.63) is 186 Å². The molecule has 2 heterocycles. The van der Waals surface area contributed by atoms with Gasteiger partial charge in [-0.25, -0.2) is 0 Å². The van der Waals surface area contributed by atoms with Crippen molar-refractivity contribution in [3.63, 3.8) is 0 Å². The van der Waals surface area contributed by atoms with Gasteiger partial charge in [-0.2, -0.15) is 0 Å². The Balaban J connectivity index is 1.13. The van der Waals surface area contributed by atoms with Crippen LogP contribution in [0.5, 0.6) is 0 Å². The molecule has 10 rings (SSSR count). The van der Waals surface area contributed by atoms with E-state index < -0.39 is 0 Å². The molecule has 1 aliphatic carbocycles. The van der Waals surface area contributed by atoms with Crippen LogP contribution in [0.15, 0.2) is 176 Å². The zero-order chi connectivity index (χ0) is 34.4. The zero-order valence-corrected chi connectivity index (χ0v) is 30.1. The minimum atomic E-state index is 1.07. The van der Waals surface area contributed by atoms with E-state index in [9.17, 15) is 0 Å². The van der Waals surface area contributed by atoms with E-state index in [0.29, 0.717) is 0 Å². The van der Waals surface area contributed by atoms with E-state index in [-0.39, 0.29) is 0 Å². The van der Waals surface area contributed by atoms with Gasteiger partial charge in [-0.1, -0.05) is 97.1 Å². The number of hydrogen-bond donors (Lipinski definition) is 0. The van der Waals surface area contributed by atoms with Crippen LogP contribution in [0.1, 0.15) is 16.9 Å². The smallest absolute Gasteiger partial charge is 0.0551 e. The molecule has 9 aromatic rings. The minimum absolute atomic E-state index is 1.07. The Morgan fingerprint density at radius 1 is 0.423 bits per heavy atom. The predicted octanol–water partition coefficient (Wildman–Crippen LogP) is 14.8. The summed E-state index contributed by atoms with van der Waals surface area (Å²) in [4.78, 5) is 6.21. The van der Waals surface area contributed by atoms with Crippen molar-refractivity contribution in [2.75, 3.05) is 9.80 Å². The number of nitrogens with zero attached hydrogens (tertiary/aromatic N) is 2. The number of rotatable bonds is 7. The third kappa shape index (κ3) is 5.39. The van der Waals surface area contributed by atoms with Crippen LogP contribution in [-0.2, 0) is 6.42 Å². The Labute approximate surface area is 311 Å². The van der Waals surface area contributed by atoms with Crippen molar-refractivity contribution in [2.45, 2.75) is 12.8 Å². The fourth-order valence-corrected chi connectivity index (χ4v) is 10.0. The lowest BCUT2D eigenvalue weighted by atomic mass is 9.99. The van der Waals surface area contributed by atoms with E-state index in [1.54, 1.807) is 0 Å². The van der Waals surface area contributed by atoms with Crippen molar-refractivity contribution in [1.29, 1.82) is 0 Å². The van der Waals surface area contributed by atoms with Crippen LogP contribution in [0.25, 0.3) is 47.5 Å². The van der Waals surface area contributed by atoms with Gasteiger partial charge in [-0.15, -0.1) is 22.7 Å². The summed E-state index contributed by atoms with van der Waals surface area (Å²) >= 11 is 3.78. The van der Waals surface area contributed by atoms with Crippen LogP contribution in [0, 0.1) is 0 Å². The number of allylic oxidation sites excluding steroid dienone is 1. The zero-order valence-electron chi connectivity index (χ0n) is 28.4. The van der Waals surface area contributed by atoms with Crippen molar-refractivity contribution in [1.82, 2.24) is 0 Å². The Bertz CT molecular complexity index is 2690. The third-order valence-corrected chi connectivity index (χ3v) is 12.4. The topological polar surface area (TPSA) is 6.48 Å². The summed E-state index contributed by atoms with van der Waals surface area (Å²) < 4.78 is 3.91. The first-order chi connectivity index (χ1) is 25.8. The van der Waals surface area contributed by atoms with Crippen molar-refractivity contribution in [3.8, 4) is 11.1 Å². The highest BCUT2D eigenvalue weighted by molar-refractivity contribution is 7.25. The molecule has 0 N–H and O–H groups in total. The number of aryl methyl sites for hydroxylation is 1. The fraction of sp³-hybridized carbons (Fsp3) is 0.0417. The van der Waals surface area contributed by atoms with Gasteiger partial charge in [0.1, 0.15) is 0 Å². The largest absolute Gasteiger partial charge is 0.310 e. The van der Waals surface area contributed by atoms with Gasteiger partial charge in [0.25, 0.3) is 0 Å². The van der Waals surface area contributed by atoms with E-state index >= 15 is 0 Å². The summed E-state index contributed by atoms with van der Waals surface area (Å²) in [6, 6.07) is 61.8. The van der Waals surface area contributed by atoms with Crippen LogP contribution >= 0.6 is 22.7 Å². The summed E-state index contributed by atoms with van der Waals surface area (Å²) in [5.41, 5.74) is 10.9. The number of hydrogen-bond acceptors (Lipinski definition) is 4. The maximum Gasteiger partial charge on any atom is 0.0551 e. The van der Waals surface area contributed by atoms with Gasteiger partial charge < -0.3 is 9.80 Å². The molecule has 7 aromatic carbocycles. The quantitative estimate of drug-likeness (QED) is 0.163. The Hall–Kier alpha value is -5.94. The average Bonchev–Trinajstić information content (AvgIpc) is 3.78. The average molecular weight is 703 g/mol. The van der Waals surface area contributed by atoms with E-state index in [2.05, 4.69) is 192 Å². The first kappa shape index (κ1) is 30.8. The van der Waals surface area contributed by atoms with Crippen molar-refractivity contribution >= 4 is 93.1 Å². The minimum Gasteiger partial charge on any atom is -0.310 e. The lowest BCUT2D eigenvalue weighted by Gasteiger charge is -2.27. The van der Waals surface area contributed by atoms with E-state index in [0.717, 1.165) is 35.6 Å². The van der Waals surface area contributed by atoms with Crippen LogP contribution in [-0.4, -0.2) is 0 Å². The molecule has 0 saturated heterocycles. The number of thiophene rings is 2. The first-order valence-electron chi connectivity index (χ1n) is 17.8. The molecule has 0 spiro atoms. The van der Waals surface area contributed by atoms with Crippen LogP contribution < -0.4 is 9.80 Å². The molecule has 0 bridgehead atoms. The molecule has 52 heavy (non-hydrogen) atoms. The molecule has 0 radical (unpaired) electrons. The molecule has 1 aliphatic rings. The molecule has 248 valence electrons. The highest BCUT2D eigenvalue weighted by Gasteiger charge is 2.22. The van der Waals surface area contributed by atoms with Gasteiger partial charge in [-0.3, -0.25) is 0 Å². The second kappa shape index (κ2) is 13.0. The SMILES string of the molecule is C1=Cc2sc3cccc(N(c4ccc(-c5ccccc5)cc4)c4ccc5c(c4)sc4ccc(N(c6ccccc6)c6ccccc6)cc45)c3c2CC1. The summed E-state index contributed by atoms with van der Waals surface area (Å²) in [7, 11) is 0.